The first-order valence-electron chi connectivity index (χ1n) is 19.7. The van der Waals surface area contributed by atoms with Crippen molar-refractivity contribution in [1.29, 1.82) is 0 Å². The van der Waals surface area contributed by atoms with Gasteiger partial charge in [-0.1, -0.05) is 176 Å². The van der Waals surface area contributed by atoms with Gasteiger partial charge in [-0.15, -0.1) is 13.2 Å². The normalized spacial score (nSPS) is 12.4. The molecule has 3 nitrogen and oxygen atoms in total. The summed E-state index contributed by atoms with van der Waals surface area (Å²) in [6.07, 6.45) is -4.93. The first kappa shape index (κ1) is 37.5. The Labute approximate surface area is 342 Å². The van der Waals surface area contributed by atoms with Gasteiger partial charge in [0.15, 0.2) is 0 Å². The number of halogens is 3. The molecule has 2 N–H and O–H groups in total. The molecule has 9 rings (SSSR count). The molecular weight excluding hydrogens is 738 g/mol. The summed E-state index contributed by atoms with van der Waals surface area (Å²) in [4.78, 5) is 0. The van der Waals surface area contributed by atoms with Crippen molar-refractivity contribution in [3.63, 3.8) is 0 Å². The van der Waals surface area contributed by atoms with Crippen molar-refractivity contribution in [2.75, 3.05) is 10.6 Å². The standard InChI is InChI=1S/C53H41F3N2O/c1-34-18-15-19-35(2)49(34)57-51-42-30-16-28-40-29-17-31-43(48(40)42)52(51)58-50-44(46(36-20-7-3-8-21-36)37-22-9-4-10-23-37)32-41(59-53(54,55)56)33-45(50)47(38-24-11-5-12-25-38)39-26-13-6-14-27-39/h3-33,46-47,57-58H,1-2H3. The molecular formula is C53H41F3N2O. The molecule has 0 unspecified atom stereocenters. The lowest BCUT2D eigenvalue weighted by Gasteiger charge is -2.30. The summed E-state index contributed by atoms with van der Waals surface area (Å²) in [5.41, 5.74) is 12.6. The van der Waals surface area contributed by atoms with E-state index in [2.05, 4.69) is 79.1 Å². The van der Waals surface area contributed by atoms with Crippen LogP contribution in [0.4, 0.5) is 24.5 Å². The lowest BCUT2D eigenvalue weighted by Crippen LogP contribution is -2.19. The summed E-state index contributed by atoms with van der Waals surface area (Å²) >= 11 is 0. The Morgan fingerprint density at radius 3 is 1.20 bits per heavy atom. The minimum absolute atomic E-state index is 0.290. The summed E-state index contributed by atoms with van der Waals surface area (Å²) in [6, 6.07) is 61.8. The third-order valence-electron chi connectivity index (χ3n) is 11.2. The van der Waals surface area contributed by atoms with E-state index in [4.69, 9.17) is 4.74 Å². The molecule has 290 valence electrons. The fourth-order valence-electron chi connectivity index (χ4n) is 8.68. The fourth-order valence-corrected chi connectivity index (χ4v) is 8.68. The maximum atomic E-state index is 14.5. The van der Waals surface area contributed by atoms with E-state index in [-0.39, 0.29) is 5.75 Å². The Bertz CT molecular complexity index is 2590. The highest BCUT2D eigenvalue weighted by Crippen LogP contribution is 2.50. The van der Waals surface area contributed by atoms with Gasteiger partial charge in [0, 0.05) is 39.7 Å². The Balaban J connectivity index is 1.39. The molecule has 59 heavy (non-hydrogen) atoms. The van der Waals surface area contributed by atoms with Crippen LogP contribution in [0.15, 0.2) is 188 Å². The van der Waals surface area contributed by atoms with Crippen LogP contribution >= 0.6 is 0 Å². The van der Waals surface area contributed by atoms with E-state index in [0.717, 1.165) is 72.4 Å². The number of nitrogens with one attached hydrogen (secondary N) is 2. The van der Waals surface area contributed by atoms with Gasteiger partial charge in [0.05, 0.1) is 11.4 Å². The Kier molecular flexibility index (Phi) is 9.99. The molecule has 0 saturated heterocycles. The van der Waals surface area contributed by atoms with E-state index >= 15 is 0 Å². The second kappa shape index (κ2) is 15.7. The number of rotatable bonds is 11. The summed E-state index contributed by atoms with van der Waals surface area (Å²) in [7, 11) is 0. The molecule has 8 aromatic rings. The third-order valence-corrected chi connectivity index (χ3v) is 11.2. The van der Waals surface area contributed by atoms with Crippen molar-refractivity contribution in [1.82, 2.24) is 0 Å². The quantitative estimate of drug-likeness (QED) is 0.128. The summed E-state index contributed by atoms with van der Waals surface area (Å²) in [5, 5.41) is 10.1. The zero-order valence-corrected chi connectivity index (χ0v) is 32.6. The van der Waals surface area contributed by atoms with Gasteiger partial charge in [-0.05, 0) is 75.9 Å². The summed E-state index contributed by atoms with van der Waals surface area (Å²) in [5.74, 6) is -1.27. The predicted molar refractivity (Wildman–Crippen MR) is 235 cm³/mol. The molecule has 1 aliphatic carbocycles. The topological polar surface area (TPSA) is 33.3 Å². The van der Waals surface area contributed by atoms with Gasteiger partial charge in [-0.25, -0.2) is 0 Å². The first-order valence-corrected chi connectivity index (χ1v) is 19.7. The van der Waals surface area contributed by atoms with Gasteiger partial charge in [-0.3, -0.25) is 0 Å². The number of para-hydroxylation sites is 1. The molecule has 0 bridgehead atoms. The van der Waals surface area contributed by atoms with Crippen LogP contribution in [-0.2, 0) is 0 Å². The van der Waals surface area contributed by atoms with E-state index in [1.54, 1.807) is 12.1 Å². The highest BCUT2D eigenvalue weighted by atomic mass is 19.4. The number of alkyl halides is 3. The number of anilines is 2. The fraction of sp³-hybridized carbons (Fsp3) is 0.0943. The second-order valence-corrected chi connectivity index (χ2v) is 15.0. The lowest BCUT2D eigenvalue weighted by molar-refractivity contribution is -0.274. The maximum absolute atomic E-state index is 14.5. The molecule has 6 heteroatoms. The third kappa shape index (κ3) is 7.46. The second-order valence-electron chi connectivity index (χ2n) is 15.0. The van der Waals surface area contributed by atoms with Gasteiger partial charge in [-0.2, -0.15) is 0 Å². The van der Waals surface area contributed by atoms with Crippen LogP contribution in [0.1, 0.15) is 67.5 Å². The molecule has 0 aromatic heterocycles. The van der Waals surface area contributed by atoms with Gasteiger partial charge in [0.1, 0.15) is 5.75 Å². The molecule has 0 radical (unpaired) electrons. The van der Waals surface area contributed by atoms with Crippen molar-refractivity contribution in [2.45, 2.75) is 32.0 Å². The van der Waals surface area contributed by atoms with Gasteiger partial charge in [0.2, 0.25) is 0 Å². The van der Waals surface area contributed by atoms with E-state index < -0.39 is 18.2 Å². The van der Waals surface area contributed by atoms with Crippen LogP contribution in [0.5, 0.6) is 5.75 Å². The number of ether oxygens (including phenoxy) is 1. The minimum atomic E-state index is -4.93. The van der Waals surface area contributed by atoms with E-state index in [1.165, 1.54) is 0 Å². The highest BCUT2D eigenvalue weighted by molar-refractivity contribution is 6.18. The van der Waals surface area contributed by atoms with Crippen molar-refractivity contribution in [3.05, 3.63) is 244 Å². The van der Waals surface area contributed by atoms with E-state index in [9.17, 15) is 13.2 Å². The molecule has 0 fully saturated rings. The van der Waals surface area contributed by atoms with Crippen molar-refractivity contribution in [3.8, 4) is 5.75 Å². The van der Waals surface area contributed by atoms with Crippen LogP contribution in [0.2, 0.25) is 0 Å². The van der Waals surface area contributed by atoms with Gasteiger partial charge >= 0.3 is 6.36 Å². The van der Waals surface area contributed by atoms with E-state index in [0.29, 0.717) is 16.8 Å². The molecule has 0 amide bonds. The minimum Gasteiger partial charge on any atom is -0.406 e. The Morgan fingerprint density at radius 1 is 0.441 bits per heavy atom. The number of hydrogen-bond acceptors (Lipinski definition) is 3. The van der Waals surface area contributed by atoms with Gasteiger partial charge in [0.25, 0.3) is 0 Å². The van der Waals surface area contributed by atoms with Crippen LogP contribution in [0.25, 0.3) is 22.2 Å². The zero-order valence-electron chi connectivity index (χ0n) is 32.6. The van der Waals surface area contributed by atoms with Crippen LogP contribution < -0.4 is 15.4 Å². The smallest absolute Gasteiger partial charge is 0.406 e. The summed E-state index contributed by atoms with van der Waals surface area (Å²) < 4.78 is 48.4. The number of hydrogen-bond donors (Lipinski definition) is 2. The summed E-state index contributed by atoms with van der Waals surface area (Å²) in [6.45, 7) is 4.19. The van der Waals surface area contributed by atoms with E-state index in [1.807, 2.05) is 121 Å². The largest absolute Gasteiger partial charge is 0.573 e. The van der Waals surface area contributed by atoms with Crippen molar-refractivity contribution >= 4 is 33.5 Å². The Hall–Kier alpha value is -7.05. The molecule has 0 spiro atoms. The zero-order chi connectivity index (χ0) is 40.5. The highest BCUT2D eigenvalue weighted by Gasteiger charge is 2.35. The predicted octanol–water partition coefficient (Wildman–Crippen LogP) is 14.1. The number of aryl methyl sites for hydroxylation is 2. The maximum Gasteiger partial charge on any atom is 0.573 e. The van der Waals surface area contributed by atoms with Crippen LogP contribution in [0.3, 0.4) is 0 Å². The van der Waals surface area contributed by atoms with Crippen LogP contribution in [0, 0.1) is 13.8 Å². The average Bonchev–Trinajstić information content (AvgIpc) is 3.54. The molecule has 1 aliphatic rings. The monoisotopic (exact) mass is 778 g/mol. The Morgan fingerprint density at radius 2 is 0.814 bits per heavy atom. The van der Waals surface area contributed by atoms with Gasteiger partial charge < -0.3 is 15.4 Å². The molecule has 0 heterocycles. The van der Waals surface area contributed by atoms with Crippen LogP contribution in [-0.4, -0.2) is 6.36 Å². The molecule has 8 aromatic carbocycles. The molecule has 0 aliphatic heterocycles. The first-order chi connectivity index (χ1) is 28.7. The van der Waals surface area contributed by atoms with Crippen molar-refractivity contribution < 1.29 is 17.9 Å². The number of benzene rings is 8. The SMILES string of the molecule is Cc1cccc(C)c1NC1=C(Nc2c(C(c3ccccc3)c3ccccc3)cc(OC(F)(F)F)cc2C(c2ccccc2)c2ccccc2)c2cccc3cccc1c23. The molecule has 0 atom stereocenters. The average molecular weight is 779 g/mol. The molecule has 0 saturated carbocycles. The van der Waals surface area contributed by atoms with Crippen molar-refractivity contribution in [2.24, 2.45) is 0 Å². The lowest BCUT2D eigenvalue weighted by atomic mass is 9.78.